The molecule has 3 aromatic heterocycles. The maximum atomic E-state index is 14.0. The Balaban J connectivity index is 0.898. The van der Waals surface area contributed by atoms with Crippen LogP contribution < -0.4 is 19.7 Å². The van der Waals surface area contributed by atoms with E-state index in [1.165, 1.54) is 17.3 Å². The molecule has 9 rings (SSSR count). The molecular weight excluding hydrogens is 849 g/mol. The lowest BCUT2D eigenvalue weighted by Crippen LogP contribution is -2.58. The van der Waals surface area contributed by atoms with Crippen molar-refractivity contribution in [2.75, 3.05) is 49.6 Å². The molecule has 2 saturated carbocycles. The largest absolute Gasteiger partial charge is 0.455 e. The minimum absolute atomic E-state index is 0.0480. The van der Waals surface area contributed by atoms with Crippen molar-refractivity contribution in [3.8, 4) is 11.5 Å². The number of carbonyl (C=O) groups is 1. The molecule has 344 valence electrons. The van der Waals surface area contributed by atoms with Gasteiger partial charge in [0.25, 0.3) is 15.9 Å². The molecule has 1 amide bonds. The van der Waals surface area contributed by atoms with E-state index in [1.54, 1.807) is 37.4 Å². The average molecular weight is 907 g/mol. The monoisotopic (exact) mass is 906 g/mol. The van der Waals surface area contributed by atoms with Crippen LogP contribution in [-0.2, 0) is 14.8 Å². The number of carbonyl (C=O) groups excluding carboxylic acids is 1. The van der Waals surface area contributed by atoms with E-state index in [-0.39, 0.29) is 34.5 Å². The maximum Gasteiger partial charge on any atom is 0.312 e. The van der Waals surface area contributed by atoms with Crippen molar-refractivity contribution in [2.24, 2.45) is 11.3 Å². The van der Waals surface area contributed by atoms with E-state index < -0.39 is 37.0 Å². The number of aromatic nitrogens is 3. The van der Waals surface area contributed by atoms with Crippen LogP contribution in [0.15, 0.2) is 84.1 Å². The average Bonchev–Trinajstić information content (AvgIpc) is 3.76. The second-order valence-electron chi connectivity index (χ2n) is 19.1. The summed E-state index contributed by atoms with van der Waals surface area (Å²) in [5.41, 5.74) is 3.20. The van der Waals surface area contributed by atoms with E-state index in [4.69, 9.17) is 9.47 Å². The molecule has 2 aromatic carbocycles. The van der Waals surface area contributed by atoms with Crippen molar-refractivity contribution in [3.05, 3.63) is 106 Å². The first-order chi connectivity index (χ1) is 31.2. The molecule has 2 aliphatic carbocycles. The third-order valence-electron chi connectivity index (χ3n) is 14.3. The van der Waals surface area contributed by atoms with Gasteiger partial charge >= 0.3 is 5.69 Å². The lowest BCUT2D eigenvalue weighted by Gasteiger charge is -2.57. The quantitative estimate of drug-likeness (QED) is 0.0653. The van der Waals surface area contributed by atoms with Gasteiger partial charge in [-0.3, -0.25) is 19.8 Å². The number of nitrogens with one attached hydrogen (secondary N) is 3. The molecule has 0 radical (unpaired) electrons. The van der Waals surface area contributed by atoms with Crippen molar-refractivity contribution in [1.29, 1.82) is 0 Å². The van der Waals surface area contributed by atoms with Gasteiger partial charge < -0.3 is 29.8 Å². The Morgan fingerprint density at radius 1 is 1.03 bits per heavy atom. The molecule has 0 bridgehead atoms. The van der Waals surface area contributed by atoms with Crippen LogP contribution >= 0.6 is 0 Å². The van der Waals surface area contributed by atoms with Gasteiger partial charge in [0.15, 0.2) is 0 Å². The van der Waals surface area contributed by atoms with Gasteiger partial charge in [-0.15, -0.1) is 0 Å². The fraction of sp³-hybridized carbons (Fsp3) is 0.479. The molecule has 5 aromatic rings. The highest BCUT2D eigenvalue weighted by molar-refractivity contribution is 7.90. The molecule has 2 saturated heterocycles. The minimum atomic E-state index is -4.63. The van der Waals surface area contributed by atoms with Crippen LogP contribution in [-0.4, -0.2) is 95.2 Å². The normalized spacial score (nSPS) is 22.8. The summed E-state index contributed by atoms with van der Waals surface area (Å²) in [7, 11) is -4.63. The van der Waals surface area contributed by atoms with Crippen molar-refractivity contribution >= 4 is 44.2 Å². The minimum Gasteiger partial charge on any atom is -0.455 e. The summed E-state index contributed by atoms with van der Waals surface area (Å²) in [4.78, 5) is 41.4. The number of aromatic amines is 1. The number of piperidine rings is 1. The van der Waals surface area contributed by atoms with E-state index >= 15 is 0 Å². The summed E-state index contributed by atoms with van der Waals surface area (Å²) in [5, 5.41) is 26.2. The molecule has 17 heteroatoms. The van der Waals surface area contributed by atoms with Crippen LogP contribution in [0.3, 0.4) is 0 Å². The Kier molecular flexibility index (Phi) is 12.3. The number of hydrogen-bond acceptors (Lipinski definition) is 13. The number of pyridine rings is 2. The van der Waals surface area contributed by atoms with E-state index in [0.29, 0.717) is 49.3 Å². The lowest BCUT2D eigenvalue weighted by molar-refractivity contribution is -0.384. The maximum absolute atomic E-state index is 14.0. The number of nitrogens with zero attached hydrogens (tertiary/aromatic N) is 5. The number of aliphatic hydroxyl groups is 1. The van der Waals surface area contributed by atoms with Crippen LogP contribution in [0.2, 0.25) is 0 Å². The number of hydrogen-bond donors (Lipinski definition) is 4. The third-order valence-corrected chi connectivity index (χ3v) is 15.6. The SMILES string of the molecule is CC(C)c1ccccc1[C@@H]1COCCN1C1CC2(CCN(c3ccc(C(=O)NS(=O)(=O)c4cnc(NCC5CCC(C)(O)CC5)c([N+](=O)[O-])c4)c(Oc4cnc5[nH]ccc5c4)c3)CC2)C1. The van der Waals surface area contributed by atoms with Crippen molar-refractivity contribution in [3.63, 3.8) is 0 Å². The zero-order chi connectivity index (χ0) is 45.5. The van der Waals surface area contributed by atoms with Crippen LogP contribution in [0.25, 0.3) is 11.0 Å². The van der Waals surface area contributed by atoms with Crippen LogP contribution in [0, 0.1) is 21.4 Å². The van der Waals surface area contributed by atoms with Crippen LogP contribution in [0.5, 0.6) is 11.5 Å². The summed E-state index contributed by atoms with van der Waals surface area (Å²) in [6, 6.07) is 19.2. The van der Waals surface area contributed by atoms with Gasteiger partial charge in [-0.1, -0.05) is 38.1 Å². The third kappa shape index (κ3) is 9.55. The lowest BCUT2D eigenvalue weighted by atomic mass is 9.59. The Hall–Kier alpha value is -5.62. The van der Waals surface area contributed by atoms with Gasteiger partial charge in [-0.05, 0) is 111 Å². The molecule has 1 spiro atoms. The molecule has 65 heavy (non-hydrogen) atoms. The highest BCUT2D eigenvalue weighted by Crippen LogP contribution is 2.53. The summed E-state index contributed by atoms with van der Waals surface area (Å²) < 4.78 is 41.9. The molecule has 0 unspecified atom stereocenters. The fourth-order valence-corrected chi connectivity index (χ4v) is 11.3. The molecule has 1 atom stereocenters. The zero-order valence-corrected chi connectivity index (χ0v) is 38.0. The van der Waals surface area contributed by atoms with Gasteiger partial charge in [0.2, 0.25) is 5.82 Å². The van der Waals surface area contributed by atoms with Crippen LogP contribution in [0.4, 0.5) is 17.2 Å². The van der Waals surface area contributed by atoms with E-state index in [0.717, 1.165) is 88.1 Å². The number of ether oxygens (including phenoxy) is 2. The second kappa shape index (κ2) is 18.0. The van der Waals surface area contributed by atoms with E-state index in [1.807, 2.05) is 6.07 Å². The number of fused-ring (bicyclic) bond motifs is 1. The summed E-state index contributed by atoms with van der Waals surface area (Å²) in [6.07, 6.45) is 11.3. The second-order valence-corrected chi connectivity index (χ2v) is 20.8. The molecule has 4 fully saturated rings. The van der Waals surface area contributed by atoms with Crippen molar-refractivity contribution in [1.82, 2.24) is 24.6 Å². The number of amides is 1. The fourth-order valence-electron chi connectivity index (χ4n) is 10.4. The Bertz CT molecular complexity index is 2660. The van der Waals surface area contributed by atoms with Gasteiger partial charge in [0.1, 0.15) is 22.0 Å². The molecule has 4 N–H and O–H groups in total. The predicted molar refractivity (Wildman–Crippen MR) is 247 cm³/mol. The zero-order valence-electron chi connectivity index (χ0n) is 37.2. The predicted octanol–water partition coefficient (Wildman–Crippen LogP) is 8.08. The number of sulfonamides is 1. The standard InChI is InChI=1S/C48H58N8O8S/c1-31(2)38-6-4-5-7-39(38)42-30-63-21-20-55(42)35-25-48(26-35)15-18-54(19-16-48)34-8-9-40(43(23-34)64-36-22-33-12-17-49-44(33)51-28-36)46(57)53-65(61,62)37-24-41(56(59)60)45(52-29-37)50-27-32-10-13-47(3,58)14-11-32/h4-9,12,17,22-24,28-29,31-32,35,42,58H,10-11,13-16,18-21,25-27,30H2,1-3H3,(H,49,51)(H,50,52)(H,53,57)/t32?,42-,47?/m0/s1. The van der Waals surface area contributed by atoms with E-state index in [9.17, 15) is 28.4 Å². The smallest absolute Gasteiger partial charge is 0.312 e. The summed E-state index contributed by atoms with van der Waals surface area (Å²) in [6.45, 7) is 10.7. The summed E-state index contributed by atoms with van der Waals surface area (Å²) in [5.74, 6) is 0.0227. The first-order valence-electron chi connectivity index (χ1n) is 22.8. The first-order valence-corrected chi connectivity index (χ1v) is 24.2. The number of morpholine rings is 1. The molecule has 5 heterocycles. The number of anilines is 2. The van der Waals surface area contributed by atoms with Crippen LogP contribution in [0.1, 0.15) is 106 Å². The number of H-pyrrole nitrogens is 1. The Morgan fingerprint density at radius 3 is 2.55 bits per heavy atom. The molecule has 4 aliphatic rings. The van der Waals surface area contributed by atoms with Gasteiger partial charge in [-0.25, -0.2) is 23.1 Å². The van der Waals surface area contributed by atoms with Crippen molar-refractivity contribution in [2.45, 2.75) is 101 Å². The highest BCUT2D eigenvalue weighted by atomic mass is 32.2. The Labute approximate surface area is 379 Å². The van der Waals surface area contributed by atoms with Gasteiger partial charge in [-0.2, -0.15) is 0 Å². The first kappa shape index (κ1) is 44.6. The number of benzene rings is 2. The van der Waals surface area contributed by atoms with E-state index in [2.05, 4.69) is 72.9 Å². The molecule has 2 aliphatic heterocycles. The highest BCUT2D eigenvalue weighted by Gasteiger charge is 2.50. The topological polar surface area (TPSA) is 205 Å². The number of rotatable bonds is 13. The molecule has 16 nitrogen and oxygen atoms in total. The Morgan fingerprint density at radius 2 is 1.80 bits per heavy atom. The summed E-state index contributed by atoms with van der Waals surface area (Å²) >= 11 is 0. The van der Waals surface area contributed by atoms with Gasteiger partial charge in [0.05, 0.1) is 47.7 Å². The van der Waals surface area contributed by atoms with Gasteiger partial charge in [0, 0.05) is 61.6 Å². The molecular formula is C48H58N8O8S. The number of nitro groups is 1. The van der Waals surface area contributed by atoms with Crippen molar-refractivity contribution < 1.29 is 32.7 Å².